The van der Waals surface area contributed by atoms with Crippen molar-refractivity contribution in [1.29, 1.82) is 0 Å². The summed E-state index contributed by atoms with van der Waals surface area (Å²) in [5, 5.41) is 1.16. The van der Waals surface area contributed by atoms with Crippen LogP contribution in [0, 0.1) is 0 Å². The number of H-pyrrole nitrogens is 1. The van der Waals surface area contributed by atoms with Crippen LogP contribution in [0.1, 0.15) is 19.4 Å². The topological polar surface area (TPSA) is 31.9 Å². The largest absolute Gasteiger partial charge is 0.346 e. The van der Waals surface area contributed by atoms with E-state index in [1.54, 1.807) is 0 Å². The van der Waals surface area contributed by atoms with Gasteiger partial charge in [-0.1, -0.05) is 24.3 Å². The molecule has 0 saturated carbocycles. The van der Waals surface area contributed by atoms with Crippen molar-refractivity contribution in [1.82, 2.24) is 14.9 Å². The third-order valence-electron chi connectivity index (χ3n) is 4.48. The van der Waals surface area contributed by atoms with Crippen molar-refractivity contribution < 1.29 is 0 Å². The van der Waals surface area contributed by atoms with Crippen LogP contribution in [0.2, 0.25) is 0 Å². The van der Waals surface area contributed by atoms with Crippen molar-refractivity contribution in [3.8, 4) is 11.1 Å². The molecule has 0 amide bonds. The fourth-order valence-electron chi connectivity index (χ4n) is 2.53. The van der Waals surface area contributed by atoms with Crippen LogP contribution in [-0.4, -0.2) is 29.0 Å². The molecule has 2 aromatic heterocycles. The van der Waals surface area contributed by atoms with Gasteiger partial charge in [-0.3, -0.25) is 0 Å². The first-order chi connectivity index (χ1) is 10.00. The van der Waals surface area contributed by atoms with Gasteiger partial charge in [0.15, 0.2) is 0 Å². The van der Waals surface area contributed by atoms with Gasteiger partial charge in [-0.25, -0.2) is 4.98 Å². The second-order valence-corrected chi connectivity index (χ2v) is 6.13. The summed E-state index contributed by atoms with van der Waals surface area (Å²) in [5.41, 5.74) is 4.72. The summed E-state index contributed by atoms with van der Waals surface area (Å²) in [5.74, 6) is 0. The summed E-state index contributed by atoms with van der Waals surface area (Å²) in [6.07, 6.45) is 3.79. The molecule has 0 aliphatic carbocycles. The molecule has 0 spiro atoms. The summed E-state index contributed by atoms with van der Waals surface area (Å²) in [7, 11) is 4.22. The lowest BCUT2D eigenvalue weighted by Gasteiger charge is -2.33. The standard InChI is InChI=1S/C18H21N3/c1-18(2,21(3)4)14-7-5-13(6-8-14)15-9-11-19-17-16(15)10-12-20-17/h5-12H,1-4H3,(H,19,20). The molecule has 0 saturated heterocycles. The second-order valence-electron chi connectivity index (χ2n) is 6.13. The van der Waals surface area contributed by atoms with Gasteiger partial charge in [-0.2, -0.15) is 0 Å². The minimum Gasteiger partial charge on any atom is -0.346 e. The molecule has 0 aliphatic rings. The van der Waals surface area contributed by atoms with Crippen molar-refractivity contribution in [3.63, 3.8) is 0 Å². The molecule has 21 heavy (non-hydrogen) atoms. The Bertz CT molecular complexity index is 751. The van der Waals surface area contributed by atoms with E-state index in [9.17, 15) is 0 Å². The highest BCUT2D eigenvalue weighted by Crippen LogP contribution is 2.30. The summed E-state index contributed by atoms with van der Waals surface area (Å²) in [6, 6.07) is 13.0. The summed E-state index contributed by atoms with van der Waals surface area (Å²) >= 11 is 0. The zero-order valence-electron chi connectivity index (χ0n) is 13.0. The first-order valence-electron chi connectivity index (χ1n) is 7.20. The monoisotopic (exact) mass is 279 g/mol. The minimum absolute atomic E-state index is 0.0280. The van der Waals surface area contributed by atoms with Gasteiger partial charge in [0.05, 0.1) is 0 Å². The number of nitrogens with zero attached hydrogens (tertiary/aromatic N) is 2. The Kier molecular flexibility index (Phi) is 3.30. The van der Waals surface area contributed by atoms with Crippen LogP contribution < -0.4 is 0 Å². The van der Waals surface area contributed by atoms with E-state index in [1.165, 1.54) is 16.7 Å². The molecule has 1 N–H and O–H groups in total. The first-order valence-corrected chi connectivity index (χ1v) is 7.20. The molecular weight excluding hydrogens is 258 g/mol. The Morgan fingerprint density at radius 3 is 2.38 bits per heavy atom. The van der Waals surface area contributed by atoms with Gasteiger partial charge in [0.1, 0.15) is 5.65 Å². The second kappa shape index (κ2) is 5.01. The van der Waals surface area contributed by atoms with Gasteiger partial charge < -0.3 is 9.88 Å². The Hall–Kier alpha value is -2.13. The van der Waals surface area contributed by atoms with E-state index < -0.39 is 0 Å². The van der Waals surface area contributed by atoms with Gasteiger partial charge >= 0.3 is 0 Å². The maximum Gasteiger partial charge on any atom is 0.137 e. The smallest absolute Gasteiger partial charge is 0.137 e. The first kappa shape index (κ1) is 13.8. The van der Waals surface area contributed by atoms with Crippen LogP contribution >= 0.6 is 0 Å². The number of aromatic amines is 1. The molecule has 0 bridgehead atoms. The molecule has 0 fully saturated rings. The van der Waals surface area contributed by atoms with Crippen molar-refractivity contribution in [3.05, 3.63) is 54.4 Å². The Labute approximate surface area is 125 Å². The van der Waals surface area contributed by atoms with Gasteiger partial charge in [-0.15, -0.1) is 0 Å². The highest BCUT2D eigenvalue weighted by molar-refractivity contribution is 5.92. The number of pyridine rings is 1. The number of benzene rings is 1. The maximum atomic E-state index is 4.35. The van der Waals surface area contributed by atoms with Crippen LogP contribution in [0.15, 0.2) is 48.8 Å². The van der Waals surface area contributed by atoms with Crippen LogP contribution in [0.5, 0.6) is 0 Å². The molecule has 3 nitrogen and oxygen atoms in total. The van der Waals surface area contributed by atoms with Crippen LogP contribution in [0.4, 0.5) is 0 Å². The van der Waals surface area contributed by atoms with E-state index in [0.29, 0.717) is 0 Å². The normalized spacial score (nSPS) is 12.2. The predicted molar refractivity (Wildman–Crippen MR) is 88.2 cm³/mol. The quantitative estimate of drug-likeness (QED) is 0.785. The number of rotatable bonds is 3. The van der Waals surface area contributed by atoms with E-state index in [1.807, 2.05) is 12.4 Å². The zero-order valence-corrected chi connectivity index (χ0v) is 13.0. The number of fused-ring (bicyclic) bond motifs is 1. The van der Waals surface area contributed by atoms with Gasteiger partial charge in [0, 0.05) is 23.3 Å². The molecular formula is C18H21N3. The Morgan fingerprint density at radius 2 is 1.71 bits per heavy atom. The molecule has 0 atom stereocenters. The molecule has 1 aromatic carbocycles. The maximum absolute atomic E-state index is 4.35. The number of aromatic nitrogens is 2. The SMILES string of the molecule is CN(C)C(C)(C)c1ccc(-c2ccnc3[nH]ccc23)cc1. The predicted octanol–water partition coefficient (Wildman–Crippen LogP) is 4.03. The lowest BCUT2D eigenvalue weighted by atomic mass is 9.91. The fourth-order valence-corrected chi connectivity index (χ4v) is 2.53. The molecule has 3 rings (SSSR count). The van der Waals surface area contributed by atoms with Gasteiger partial charge in [-0.05, 0) is 56.8 Å². The van der Waals surface area contributed by atoms with Crippen molar-refractivity contribution >= 4 is 11.0 Å². The molecule has 2 heterocycles. The molecule has 3 aromatic rings. The van der Waals surface area contributed by atoms with E-state index in [-0.39, 0.29) is 5.54 Å². The molecule has 0 radical (unpaired) electrons. The van der Waals surface area contributed by atoms with Crippen molar-refractivity contribution in [2.75, 3.05) is 14.1 Å². The lowest BCUT2D eigenvalue weighted by molar-refractivity contribution is 0.198. The Balaban J connectivity index is 2.04. The van der Waals surface area contributed by atoms with Gasteiger partial charge in [0.25, 0.3) is 0 Å². The third-order valence-corrected chi connectivity index (χ3v) is 4.48. The molecule has 108 valence electrons. The van der Waals surface area contributed by atoms with E-state index >= 15 is 0 Å². The molecule has 3 heteroatoms. The highest BCUT2D eigenvalue weighted by Gasteiger charge is 2.22. The average Bonchev–Trinajstić information content (AvgIpc) is 2.95. The average molecular weight is 279 g/mol. The van der Waals surface area contributed by atoms with Crippen LogP contribution in [0.25, 0.3) is 22.2 Å². The Morgan fingerprint density at radius 1 is 1.00 bits per heavy atom. The number of hydrogen-bond donors (Lipinski definition) is 1. The van der Waals surface area contributed by atoms with E-state index in [2.05, 4.69) is 79.2 Å². The fraction of sp³-hybridized carbons (Fsp3) is 0.278. The minimum atomic E-state index is 0.0280. The summed E-state index contributed by atoms with van der Waals surface area (Å²) in [4.78, 5) is 9.74. The van der Waals surface area contributed by atoms with Crippen molar-refractivity contribution in [2.24, 2.45) is 0 Å². The highest BCUT2D eigenvalue weighted by atomic mass is 15.1. The summed E-state index contributed by atoms with van der Waals surface area (Å²) in [6.45, 7) is 4.47. The van der Waals surface area contributed by atoms with Crippen LogP contribution in [-0.2, 0) is 5.54 Å². The van der Waals surface area contributed by atoms with Crippen molar-refractivity contribution in [2.45, 2.75) is 19.4 Å². The van der Waals surface area contributed by atoms with E-state index in [4.69, 9.17) is 0 Å². The number of hydrogen-bond acceptors (Lipinski definition) is 2. The van der Waals surface area contributed by atoms with Crippen LogP contribution in [0.3, 0.4) is 0 Å². The lowest BCUT2D eigenvalue weighted by Crippen LogP contribution is -2.35. The zero-order chi connectivity index (χ0) is 15.0. The molecule has 0 unspecified atom stereocenters. The number of nitrogens with one attached hydrogen (secondary N) is 1. The third kappa shape index (κ3) is 2.34. The van der Waals surface area contributed by atoms with E-state index in [0.717, 1.165) is 11.0 Å². The summed E-state index contributed by atoms with van der Waals surface area (Å²) < 4.78 is 0. The molecule has 0 aliphatic heterocycles. The van der Waals surface area contributed by atoms with Gasteiger partial charge in [0.2, 0.25) is 0 Å².